The molecule has 0 N–H and O–H groups in total. The van der Waals surface area contributed by atoms with Crippen LogP contribution in [-0.4, -0.2) is 46.7 Å². The van der Waals surface area contributed by atoms with Gasteiger partial charge in [-0.15, -0.1) is 0 Å². The van der Waals surface area contributed by atoms with E-state index in [9.17, 15) is 14.4 Å². The number of piperidine rings is 1. The van der Waals surface area contributed by atoms with Gasteiger partial charge >= 0.3 is 0 Å². The molecule has 0 aliphatic carbocycles. The van der Waals surface area contributed by atoms with Crippen LogP contribution in [0.3, 0.4) is 0 Å². The van der Waals surface area contributed by atoms with E-state index in [1.165, 1.54) is 4.90 Å². The first kappa shape index (κ1) is 18.4. The lowest BCUT2D eigenvalue weighted by Crippen LogP contribution is -2.53. The summed E-state index contributed by atoms with van der Waals surface area (Å²) in [6, 6.07) is 15.6. The van der Waals surface area contributed by atoms with Gasteiger partial charge in [0.25, 0.3) is 11.8 Å². The summed E-state index contributed by atoms with van der Waals surface area (Å²) in [6.45, 7) is 3.48. The second-order valence-electron chi connectivity index (χ2n) is 7.76. The number of benzene rings is 2. The largest absolute Gasteiger partial charge is 0.341 e. The third-order valence-corrected chi connectivity index (χ3v) is 5.66. The molecule has 0 radical (unpaired) electrons. The van der Waals surface area contributed by atoms with Gasteiger partial charge < -0.3 is 4.90 Å². The van der Waals surface area contributed by atoms with E-state index in [0.717, 1.165) is 18.4 Å². The number of hydrogen-bond acceptors (Lipinski definition) is 3. The number of fused-ring (bicyclic) bond motifs is 1. The zero-order valence-electron chi connectivity index (χ0n) is 16.0. The highest BCUT2D eigenvalue weighted by atomic mass is 16.2. The highest BCUT2D eigenvalue weighted by Crippen LogP contribution is 2.28. The van der Waals surface area contributed by atoms with E-state index in [4.69, 9.17) is 0 Å². The van der Waals surface area contributed by atoms with Gasteiger partial charge in [-0.3, -0.25) is 19.3 Å². The Bertz CT molecular complexity index is 874. The van der Waals surface area contributed by atoms with E-state index >= 15 is 0 Å². The summed E-state index contributed by atoms with van der Waals surface area (Å²) in [5.74, 6) is -0.456. The standard InChI is InChI=1S/C23H24N2O3/c1-16-8-7-13-24(15-16)23(28)20(14-17-9-3-2-4-10-17)25-21(26)18-11-5-6-12-19(18)22(25)27/h2-6,9-12,16,20H,7-8,13-15H2,1H3/t16-,20-/m0/s1. The van der Waals surface area contributed by atoms with Gasteiger partial charge in [0.15, 0.2) is 0 Å². The van der Waals surface area contributed by atoms with Crippen LogP contribution < -0.4 is 0 Å². The molecule has 0 saturated carbocycles. The van der Waals surface area contributed by atoms with E-state index in [2.05, 4.69) is 6.92 Å². The number of amides is 3. The lowest BCUT2D eigenvalue weighted by molar-refractivity contribution is -0.137. The van der Waals surface area contributed by atoms with Gasteiger partial charge in [0, 0.05) is 19.5 Å². The van der Waals surface area contributed by atoms with Gasteiger partial charge in [-0.2, -0.15) is 0 Å². The average Bonchev–Trinajstić information content (AvgIpc) is 2.97. The first-order chi connectivity index (χ1) is 13.6. The molecule has 2 aromatic rings. The van der Waals surface area contributed by atoms with Crippen LogP contribution in [0.25, 0.3) is 0 Å². The molecular weight excluding hydrogens is 352 g/mol. The van der Waals surface area contributed by atoms with Crippen LogP contribution in [0.5, 0.6) is 0 Å². The normalized spacial score (nSPS) is 20.2. The summed E-state index contributed by atoms with van der Waals surface area (Å²) in [5, 5.41) is 0. The maximum absolute atomic E-state index is 13.5. The summed E-state index contributed by atoms with van der Waals surface area (Å²) in [5.41, 5.74) is 1.69. The van der Waals surface area contributed by atoms with E-state index in [-0.39, 0.29) is 17.7 Å². The molecule has 1 fully saturated rings. The number of hydrogen-bond donors (Lipinski definition) is 0. The molecule has 0 unspecified atom stereocenters. The van der Waals surface area contributed by atoms with Gasteiger partial charge in [0.2, 0.25) is 5.91 Å². The zero-order valence-corrected chi connectivity index (χ0v) is 16.0. The number of carbonyl (C=O) groups excluding carboxylic acids is 3. The molecule has 2 heterocycles. The molecule has 0 aromatic heterocycles. The van der Waals surface area contributed by atoms with Crippen molar-refractivity contribution in [1.29, 1.82) is 0 Å². The van der Waals surface area contributed by atoms with Crippen molar-refractivity contribution in [2.75, 3.05) is 13.1 Å². The minimum atomic E-state index is -0.819. The quantitative estimate of drug-likeness (QED) is 0.770. The second kappa shape index (κ2) is 7.58. The molecule has 2 aliphatic rings. The summed E-state index contributed by atoms with van der Waals surface area (Å²) in [6.07, 6.45) is 2.38. The van der Waals surface area contributed by atoms with Crippen molar-refractivity contribution in [3.8, 4) is 0 Å². The van der Waals surface area contributed by atoms with Gasteiger partial charge in [-0.05, 0) is 36.5 Å². The molecule has 1 saturated heterocycles. The van der Waals surface area contributed by atoms with E-state index < -0.39 is 6.04 Å². The molecule has 0 spiro atoms. The molecule has 5 nitrogen and oxygen atoms in total. The third kappa shape index (κ3) is 3.33. The fourth-order valence-corrected chi connectivity index (χ4v) is 4.22. The second-order valence-corrected chi connectivity index (χ2v) is 7.76. The third-order valence-electron chi connectivity index (χ3n) is 5.66. The van der Waals surface area contributed by atoms with Crippen LogP contribution in [0.1, 0.15) is 46.0 Å². The summed E-state index contributed by atoms with van der Waals surface area (Å²) >= 11 is 0. The average molecular weight is 376 g/mol. The van der Waals surface area contributed by atoms with Gasteiger partial charge in [-0.25, -0.2) is 0 Å². The number of carbonyl (C=O) groups is 3. The number of nitrogens with zero attached hydrogens (tertiary/aromatic N) is 2. The molecule has 144 valence electrons. The van der Waals surface area contributed by atoms with E-state index in [1.54, 1.807) is 24.3 Å². The predicted octanol–water partition coefficient (Wildman–Crippen LogP) is 3.15. The van der Waals surface area contributed by atoms with Crippen LogP contribution in [0.4, 0.5) is 0 Å². The van der Waals surface area contributed by atoms with Crippen molar-refractivity contribution in [3.05, 3.63) is 71.3 Å². The minimum absolute atomic E-state index is 0.134. The topological polar surface area (TPSA) is 57.7 Å². The number of likely N-dealkylation sites (tertiary alicyclic amines) is 1. The Morgan fingerprint density at radius 2 is 1.61 bits per heavy atom. The molecular formula is C23H24N2O3. The Hall–Kier alpha value is -2.95. The van der Waals surface area contributed by atoms with Crippen LogP contribution in [0.15, 0.2) is 54.6 Å². The first-order valence-electron chi connectivity index (χ1n) is 9.86. The lowest BCUT2D eigenvalue weighted by Gasteiger charge is -2.36. The van der Waals surface area contributed by atoms with E-state index in [1.807, 2.05) is 35.2 Å². The number of imide groups is 1. The van der Waals surface area contributed by atoms with Crippen molar-refractivity contribution in [2.24, 2.45) is 5.92 Å². The SMILES string of the molecule is C[C@H]1CCCN(C(=O)[C@H](Cc2ccccc2)N2C(=O)c3ccccc3C2=O)C1. The highest BCUT2D eigenvalue weighted by molar-refractivity contribution is 6.22. The molecule has 3 amide bonds. The van der Waals surface area contributed by atoms with Crippen molar-refractivity contribution in [3.63, 3.8) is 0 Å². The molecule has 2 aromatic carbocycles. The summed E-state index contributed by atoms with van der Waals surface area (Å²) in [4.78, 5) is 42.5. The minimum Gasteiger partial charge on any atom is -0.341 e. The van der Waals surface area contributed by atoms with Crippen molar-refractivity contribution < 1.29 is 14.4 Å². The maximum Gasteiger partial charge on any atom is 0.262 e. The Morgan fingerprint density at radius 3 is 2.21 bits per heavy atom. The van der Waals surface area contributed by atoms with Crippen LogP contribution in [0.2, 0.25) is 0 Å². The first-order valence-corrected chi connectivity index (χ1v) is 9.86. The maximum atomic E-state index is 13.5. The summed E-state index contributed by atoms with van der Waals surface area (Å²) < 4.78 is 0. The zero-order chi connectivity index (χ0) is 19.7. The predicted molar refractivity (Wildman–Crippen MR) is 106 cm³/mol. The van der Waals surface area contributed by atoms with Crippen LogP contribution in [-0.2, 0) is 11.2 Å². The Labute approximate surface area is 164 Å². The van der Waals surface area contributed by atoms with Gasteiger partial charge in [-0.1, -0.05) is 49.4 Å². The monoisotopic (exact) mass is 376 g/mol. The molecule has 0 bridgehead atoms. The lowest BCUT2D eigenvalue weighted by atomic mass is 9.97. The van der Waals surface area contributed by atoms with Crippen molar-refractivity contribution >= 4 is 17.7 Å². The fourth-order valence-electron chi connectivity index (χ4n) is 4.22. The van der Waals surface area contributed by atoms with Crippen molar-refractivity contribution in [1.82, 2.24) is 9.80 Å². The molecule has 28 heavy (non-hydrogen) atoms. The van der Waals surface area contributed by atoms with Crippen molar-refractivity contribution in [2.45, 2.75) is 32.2 Å². The fraction of sp³-hybridized carbons (Fsp3) is 0.348. The van der Waals surface area contributed by atoms with Gasteiger partial charge in [0.1, 0.15) is 6.04 Å². The highest BCUT2D eigenvalue weighted by Gasteiger charge is 2.44. The molecule has 2 atom stereocenters. The molecule has 2 aliphatic heterocycles. The Morgan fingerprint density at radius 1 is 1.00 bits per heavy atom. The molecule has 4 rings (SSSR count). The van der Waals surface area contributed by atoms with Crippen LogP contribution >= 0.6 is 0 Å². The smallest absolute Gasteiger partial charge is 0.262 e. The molecule has 5 heteroatoms. The Balaban J connectivity index is 1.68. The Kier molecular flexibility index (Phi) is 4.99. The van der Waals surface area contributed by atoms with E-state index in [0.29, 0.717) is 36.6 Å². The van der Waals surface area contributed by atoms with Crippen LogP contribution in [0, 0.1) is 5.92 Å². The number of rotatable bonds is 4. The summed E-state index contributed by atoms with van der Waals surface area (Å²) in [7, 11) is 0. The van der Waals surface area contributed by atoms with Gasteiger partial charge in [0.05, 0.1) is 11.1 Å².